The van der Waals surface area contributed by atoms with Crippen molar-refractivity contribution < 1.29 is 14.6 Å². The number of benzene rings is 2. The topological polar surface area (TPSA) is 77.2 Å². The van der Waals surface area contributed by atoms with E-state index in [0.717, 1.165) is 6.42 Å². The van der Waals surface area contributed by atoms with Gasteiger partial charge in [0.15, 0.2) is 11.0 Å². The molecule has 146 valence electrons. The van der Waals surface area contributed by atoms with Crippen LogP contribution in [0.2, 0.25) is 0 Å². The lowest BCUT2D eigenvalue weighted by Crippen LogP contribution is -2.18. The third kappa shape index (κ3) is 4.72. The predicted molar refractivity (Wildman–Crippen MR) is 109 cm³/mol. The number of para-hydroxylation sites is 1. The van der Waals surface area contributed by atoms with Gasteiger partial charge in [-0.1, -0.05) is 54.2 Å². The average molecular weight is 398 g/mol. The molecule has 0 aliphatic heterocycles. The second-order valence-electron chi connectivity index (χ2n) is 6.22. The van der Waals surface area contributed by atoms with Crippen LogP contribution in [0.5, 0.6) is 5.75 Å². The molecule has 0 fully saturated rings. The first-order chi connectivity index (χ1) is 13.6. The van der Waals surface area contributed by atoms with Crippen molar-refractivity contribution in [3.8, 4) is 17.1 Å². The molecule has 6 nitrogen and oxygen atoms in total. The quantitative estimate of drug-likeness (QED) is 0.458. The van der Waals surface area contributed by atoms with Crippen LogP contribution >= 0.6 is 11.8 Å². The van der Waals surface area contributed by atoms with Crippen LogP contribution in [0.15, 0.2) is 59.8 Å². The third-order valence-electron chi connectivity index (χ3n) is 4.23. The third-order valence-corrected chi connectivity index (χ3v) is 5.29. The number of ether oxygens (including phenoxy) is 1. The van der Waals surface area contributed by atoms with Crippen LogP contribution in [-0.4, -0.2) is 37.7 Å². The van der Waals surface area contributed by atoms with E-state index < -0.39 is 5.25 Å². The van der Waals surface area contributed by atoms with E-state index in [0.29, 0.717) is 29.7 Å². The van der Waals surface area contributed by atoms with Gasteiger partial charge in [0.2, 0.25) is 0 Å². The number of thioether (sulfide) groups is 1. The largest absolute Gasteiger partial charge is 0.507 e. The summed E-state index contributed by atoms with van der Waals surface area (Å²) in [6, 6.07) is 17.2. The van der Waals surface area contributed by atoms with Gasteiger partial charge in [0.05, 0.1) is 12.2 Å². The number of hydrogen-bond donors (Lipinski definition) is 1. The van der Waals surface area contributed by atoms with Crippen molar-refractivity contribution in [2.75, 3.05) is 6.61 Å². The van der Waals surface area contributed by atoms with Gasteiger partial charge in [-0.3, -0.25) is 4.79 Å². The summed E-state index contributed by atoms with van der Waals surface area (Å²) in [6.45, 7) is 4.54. The molecule has 0 radical (unpaired) electrons. The minimum atomic E-state index is -0.406. The smallest absolute Gasteiger partial charge is 0.319 e. The zero-order valence-electron chi connectivity index (χ0n) is 15.9. The molecule has 1 aromatic heterocycles. The van der Waals surface area contributed by atoms with E-state index >= 15 is 0 Å². The lowest BCUT2D eigenvalue weighted by Gasteiger charge is -2.13. The minimum absolute atomic E-state index is 0.144. The number of carbonyl (C=O) groups excluding carboxylic acids is 1. The molecule has 0 saturated carbocycles. The standard InChI is InChI=1S/C21H23N3O3S/c1-3-27-20(26)15(2)28-21-23-22-19(17-11-7-8-12-18(17)25)24(21)14-13-16-9-5-4-6-10-16/h4-12,15,25H,3,13-14H2,1-2H3. The molecule has 28 heavy (non-hydrogen) atoms. The molecular formula is C21H23N3O3S. The molecule has 1 unspecified atom stereocenters. The lowest BCUT2D eigenvalue weighted by atomic mass is 10.1. The number of aryl methyl sites for hydroxylation is 1. The first-order valence-electron chi connectivity index (χ1n) is 9.19. The lowest BCUT2D eigenvalue weighted by molar-refractivity contribution is -0.142. The van der Waals surface area contributed by atoms with Gasteiger partial charge < -0.3 is 14.4 Å². The van der Waals surface area contributed by atoms with Crippen molar-refractivity contribution in [1.29, 1.82) is 0 Å². The van der Waals surface area contributed by atoms with E-state index in [1.54, 1.807) is 26.0 Å². The van der Waals surface area contributed by atoms with Gasteiger partial charge in [-0.15, -0.1) is 10.2 Å². The van der Waals surface area contributed by atoms with E-state index in [9.17, 15) is 9.90 Å². The highest BCUT2D eigenvalue weighted by atomic mass is 32.2. The van der Waals surface area contributed by atoms with Crippen LogP contribution in [0.3, 0.4) is 0 Å². The normalized spacial score (nSPS) is 11.9. The molecule has 0 aliphatic carbocycles. The molecule has 2 aromatic carbocycles. The Bertz CT molecular complexity index is 928. The number of aromatic hydroxyl groups is 1. The number of esters is 1. The predicted octanol–water partition coefficient (Wildman–Crippen LogP) is 3.94. The Labute approximate surface area is 168 Å². The van der Waals surface area contributed by atoms with Crippen molar-refractivity contribution >= 4 is 17.7 Å². The van der Waals surface area contributed by atoms with Crippen LogP contribution in [0.25, 0.3) is 11.4 Å². The maximum absolute atomic E-state index is 12.0. The van der Waals surface area contributed by atoms with Gasteiger partial charge >= 0.3 is 5.97 Å². The van der Waals surface area contributed by atoms with Crippen LogP contribution in [0.1, 0.15) is 19.4 Å². The van der Waals surface area contributed by atoms with Gasteiger partial charge in [-0.25, -0.2) is 0 Å². The molecule has 0 saturated heterocycles. The monoisotopic (exact) mass is 397 g/mol. The van der Waals surface area contributed by atoms with E-state index in [2.05, 4.69) is 22.3 Å². The zero-order valence-corrected chi connectivity index (χ0v) is 16.7. The van der Waals surface area contributed by atoms with E-state index in [4.69, 9.17) is 4.74 Å². The highest BCUT2D eigenvalue weighted by Gasteiger charge is 2.22. The molecular weight excluding hydrogens is 374 g/mol. The minimum Gasteiger partial charge on any atom is -0.507 e. The van der Waals surface area contributed by atoms with Crippen LogP contribution in [0.4, 0.5) is 0 Å². The molecule has 7 heteroatoms. The van der Waals surface area contributed by atoms with Crippen molar-refractivity contribution in [2.45, 2.75) is 37.2 Å². The first-order valence-corrected chi connectivity index (χ1v) is 10.1. The summed E-state index contributed by atoms with van der Waals surface area (Å²) in [4.78, 5) is 12.0. The van der Waals surface area contributed by atoms with Gasteiger partial charge in [0, 0.05) is 6.54 Å². The summed E-state index contributed by atoms with van der Waals surface area (Å²) >= 11 is 1.31. The average Bonchev–Trinajstić information content (AvgIpc) is 3.10. The zero-order chi connectivity index (χ0) is 19.9. The van der Waals surface area contributed by atoms with Gasteiger partial charge in [0.1, 0.15) is 11.0 Å². The molecule has 3 aromatic rings. The van der Waals surface area contributed by atoms with Crippen molar-refractivity contribution in [1.82, 2.24) is 14.8 Å². The number of carbonyl (C=O) groups is 1. The number of nitrogens with zero attached hydrogens (tertiary/aromatic N) is 3. The van der Waals surface area contributed by atoms with Gasteiger partial charge in [-0.05, 0) is 38.0 Å². The molecule has 1 heterocycles. The summed E-state index contributed by atoms with van der Waals surface area (Å²) in [5, 5.41) is 19.1. The molecule has 3 rings (SSSR count). The molecule has 0 amide bonds. The Morgan fingerprint density at radius 2 is 1.86 bits per heavy atom. The Hall–Kier alpha value is -2.80. The number of hydrogen-bond acceptors (Lipinski definition) is 6. The Balaban J connectivity index is 1.91. The summed E-state index contributed by atoms with van der Waals surface area (Å²) in [7, 11) is 0. The van der Waals surface area contributed by atoms with E-state index in [-0.39, 0.29) is 11.7 Å². The van der Waals surface area contributed by atoms with Crippen molar-refractivity contribution in [2.24, 2.45) is 0 Å². The second kappa shape index (κ2) is 9.41. The summed E-state index contributed by atoms with van der Waals surface area (Å²) in [5.74, 6) is 0.438. The van der Waals surface area contributed by atoms with Crippen molar-refractivity contribution in [3.05, 3.63) is 60.2 Å². The van der Waals surface area contributed by atoms with Gasteiger partial charge in [-0.2, -0.15) is 0 Å². The molecule has 0 aliphatic rings. The Morgan fingerprint density at radius 3 is 2.57 bits per heavy atom. The maximum atomic E-state index is 12.0. The molecule has 1 atom stereocenters. The van der Waals surface area contributed by atoms with E-state index in [1.807, 2.05) is 34.9 Å². The molecule has 1 N–H and O–H groups in total. The highest BCUT2D eigenvalue weighted by molar-refractivity contribution is 8.00. The van der Waals surface area contributed by atoms with Crippen LogP contribution in [-0.2, 0) is 22.5 Å². The maximum Gasteiger partial charge on any atom is 0.319 e. The fourth-order valence-electron chi connectivity index (χ4n) is 2.79. The first kappa shape index (κ1) is 19.9. The van der Waals surface area contributed by atoms with Gasteiger partial charge in [0.25, 0.3) is 0 Å². The summed E-state index contributed by atoms with van der Waals surface area (Å²) in [5.41, 5.74) is 1.80. The fourth-order valence-corrected chi connectivity index (χ4v) is 3.66. The van der Waals surface area contributed by atoms with Crippen molar-refractivity contribution in [3.63, 3.8) is 0 Å². The fraction of sp³-hybridized carbons (Fsp3) is 0.286. The number of aromatic nitrogens is 3. The Kier molecular flexibility index (Phi) is 6.71. The van der Waals surface area contributed by atoms with E-state index in [1.165, 1.54) is 17.3 Å². The molecule has 0 bridgehead atoms. The SMILES string of the molecule is CCOC(=O)C(C)Sc1nnc(-c2ccccc2O)n1CCc1ccccc1. The highest BCUT2D eigenvalue weighted by Crippen LogP contribution is 2.31. The summed E-state index contributed by atoms with van der Waals surface area (Å²) in [6.07, 6.45) is 0.779. The summed E-state index contributed by atoms with van der Waals surface area (Å²) < 4.78 is 7.05. The van der Waals surface area contributed by atoms with Crippen LogP contribution < -0.4 is 0 Å². The number of phenols is 1. The number of phenolic OH excluding ortho intramolecular Hbond substituents is 1. The second-order valence-corrected chi connectivity index (χ2v) is 7.53. The molecule has 0 spiro atoms. The van der Waals surface area contributed by atoms with Crippen LogP contribution in [0, 0.1) is 0 Å². The Morgan fingerprint density at radius 1 is 1.14 bits per heavy atom. The number of rotatable bonds is 8.